The molecule has 0 saturated heterocycles. The molecule has 0 bridgehead atoms. The fraction of sp³-hybridized carbons (Fsp3) is 0.647. The molecule has 7 heteroatoms. The molecule has 1 heterocycles. The summed E-state index contributed by atoms with van der Waals surface area (Å²) in [7, 11) is -2.13. The predicted octanol–water partition coefficient (Wildman–Crippen LogP) is 2.31. The number of ether oxygens (including phenoxy) is 1. The largest absolute Gasteiger partial charge is 0.378 e. The molecule has 0 unspecified atom stereocenters. The van der Waals surface area contributed by atoms with Crippen molar-refractivity contribution in [2.24, 2.45) is 5.41 Å². The normalized spacial score (nSPS) is 25.6. The molecule has 24 heavy (non-hydrogen) atoms. The van der Waals surface area contributed by atoms with Gasteiger partial charge in [0.05, 0.1) is 6.10 Å². The van der Waals surface area contributed by atoms with Crippen LogP contribution in [0.4, 0.5) is 0 Å². The second-order valence-corrected chi connectivity index (χ2v) is 8.58. The van der Waals surface area contributed by atoms with Crippen LogP contribution in [0.15, 0.2) is 23.2 Å². The molecule has 0 aromatic carbocycles. The van der Waals surface area contributed by atoms with Gasteiger partial charge in [-0.25, -0.2) is 13.4 Å². The van der Waals surface area contributed by atoms with Gasteiger partial charge in [-0.1, -0.05) is 12.8 Å². The van der Waals surface area contributed by atoms with Crippen LogP contribution < -0.4 is 0 Å². The molecule has 0 aliphatic heterocycles. The molecular formula is C17H23N3O3S. The van der Waals surface area contributed by atoms with Crippen LogP contribution in [-0.4, -0.2) is 43.5 Å². The third-order valence-electron chi connectivity index (χ3n) is 5.62. The first-order valence-corrected chi connectivity index (χ1v) is 9.86. The highest BCUT2D eigenvalue weighted by molar-refractivity contribution is 7.89. The van der Waals surface area contributed by atoms with Gasteiger partial charge in [0, 0.05) is 31.3 Å². The van der Waals surface area contributed by atoms with Crippen molar-refractivity contribution < 1.29 is 13.2 Å². The summed E-state index contributed by atoms with van der Waals surface area (Å²) in [6.45, 7) is 2.63. The highest BCUT2D eigenvalue weighted by Gasteiger charge is 2.59. The maximum atomic E-state index is 13.0. The number of pyridine rings is 1. The van der Waals surface area contributed by atoms with E-state index < -0.39 is 10.0 Å². The van der Waals surface area contributed by atoms with Crippen molar-refractivity contribution in [1.82, 2.24) is 9.29 Å². The smallest absolute Gasteiger partial charge is 0.245 e. The molecule has 3 rings (SSSR count). The Morgan fingerprint density at radius 1 is 1.46 bits per heavy atom. The van der Waals surface area contributed by atoms with Crippen LogP contribution >= 0.6 is 0 Å². The van der Waals surface area contributed by atoms with Crippen LogP contribution in [0.5, 0.6) is 0 Å². The molecule has 1 aromatic heterocycles. The number of nitrogens with zero attached hydrogens (tertiary/aromatic N) is 3. The standard InChI is InChI=1S/C17H23N3O3S/c1-3-23-16-11-15(17(16)8-4-5-9-17)20(2)24(21,22)14-7-6-10-19-13(14)12-18/h6-7,10,15-16H,3-5,8-9,11H2,1-2H3/t15-,16+/m0/s1. The van der Waals surface area contributed by atoms with Crippen LogP contribution in [-0.2, 0) is 14.8 Å². The molecule has 1 spiro atoms. The van der Waals surface area contributed by atoms with Crippen LogP contribution in [0.3, 0.4) is 0 Å². The second-order valence-electron chi connectivity index (χ2n) is 6.62. The summed E-state index contributed by atoms with van der Waals surface area (Å²) in [6, 6.07) is 4.81. The summed E-state index contributed by atoms with van der Waals surface area (Å²) in [5, 5.41) is 9.17. The Labute approximate surface area is 143 Å². The maximum absolute atomic E-state index is 13.0. The number of nitriles is 1. The van der Waals surface area contributed by atoms with Gasteiger partial charge in [0.1, 0.15) is 11.0 Å². The molecule has 2 fully saturated rings. The SMILES string of the molecule is CCO[C@@H]1C[C@H](N(C)S(=O)(=O)c2cccnc2C#N)C12CCCC2. The number of hydrogen-bond acceptors (Lipinski definition) is 5. The minimum Gasteiger partial charge on any atom is -0.378 e. The van der Waals surface area contributed by atoms with Crippen LogP contribution in [0.25, 0.3) is 0 Å². The number of hydrogen-bond donors (Lipinski definition) is 0. The zero-order chi connectivity index (χ0) is 17.4. The van der Waals surface area contributed by atoms with Crippen molar-refractivity contribution in [2.45, 2.75) is 56.1 Å². The van der Waals surface area contributed by atoms with Crippen LogP contribution in [0.1, 0.15) is 44.7 Å². The van der Waals surface area contributed by atoms with E-state index in [1.165, 1.54) is 16.6 Å². The topological polar surface area (TPSA) is 83.3 Å². The number of aromatic nitrogens is 1. The first-order valence-electron chi connectivity index (χ1n) is 8.42. The average molecular weight is 349 g/mol. The quantitative estimate of drug-likeness (QED) is 0.814. The fourth-order valence-corrected chi connectivity index (χ4v) is 5.90. The molecule has 6 nitrogen and oxygen atoms in total. The van der Waals surface area contributed by atoms with E-state index in [1.54, 1.807) is 13.1 Å². The van der Waals surface area contributed by atoms with Crippen molar-refractivity contribution in [3.63, 3.8) is 0 Å². The third-order valence-corrected chi connectivity index (χ3v) is 7.52. The van der Waals surface area contributed by atoms with E-state index in [-0.39, 0.29) is 28.2 Å². The zero-order valence-electron chi connectivity index (χ0n) is 14.1. The molecule has 2 atom stereocenters. The van der Waals surface area contributed by atoms with E-state index in [0.717, 1.165) is 25.7 Å². The van der Waals surface area contributed by atoms with Crippen molar-refractivity contribution >= 4 is 10.0 Å². The van der Waals surface area contributed by atoms with Gasteiger partial charge in [-0.3, -0.25) is 0 Å². The molecule has 0 amide bonds. The molecule has 2 saturated carbocycles. The van der Waals surface area contributed by atoms with E-state index in [2.05, 4.69) is 4.98 Å². The molecule has 0 N–H and O–H groups in total. The average Bonchev–Trinajstić information content (AvgIpc) is 3.10. The summed E-state index contributed by atoms with van der Waals surface area (Å²) < 4.78 is 33.4. The number of sulfonamides is 1. The monoisotopic (exact) mass is 349 g/mol. The van der Waals surface area contributed by atoms with E-state index in [9.17, 15) is 13.7 Å². The lowest BCUT2D eigenvalue weighted by Gasteiger charge is -2.56. The molecular weight excluding hydrogens is 326 g/mol. The summed E-state index contributed by atoms with van der Waals surface area (Å²) in [5.74, 6) is 0. The first kappa shape index (κ1) is 17.3. The van der Waals surface area contributed by atoms with Crippen molar-refractivity contribution in [2.75, 3.05) is 13.7 Å². The van der Waals surface area contributed by atoms with Crippen LogP contribution in [0, 0.1) is 16.7 Å². The second kappa shape index (κ2) is 6.43. The summed E-state index contributed by atoms with van der Waals surface area (Å²) in [6.07, 6.45) is 6.52. The number of rotatable bonds is 5. The maximum Gasteiger partial charge on any atom is 0.245 e. The van der Waals surface area contributed by atoms with E-state index in [4.69, 9.17) is 4.74 Å². The van der Waals surface area contributed by atoms with Gasteiger partial charge in [-0.05, 0) is 38.3 Å². The molecule has 1 aromatic rings. The highest BCUT2D eigenvalue weighted by Crippen LogP contribution is 2.57. The van der Waals surface area contributed by atoms with Crippen molar-refractivity contribution in [1.29, 1.82) is 5.26 Å². The van der Waals surface area contributed by atoms with Gasteiger partial charge >= 0.3 is 0 Å². The van der Waals surface area contributed by atoms with E-state index >= 15 is 0 Å². The third kappa shape index (κ3) is 2.53. The Hall–Kier alpha value is -1.49. The molecule has 130 valence electrons. The summed E-state index contributed by atoms with van der Waals surface area (Å²) >= 11 is 0. The van der Waals surface area contributed by atoms with Gasteiger partial charge in [-0.2, -0.15) is 9.57 Å². The summed E-state index contributed by atoms with van der Waals surface area (Å²) in [5.41, 5.74) is -0.127. The Balaban J connectivity index is 1.91. The summed E-state index contributed by atoms with van der Waals surface area (Å²) in [4.78, 5) is 3.88. The minimum absolute atomic E-state index is 0.0111. The lowest BCUT2D eigenvalue weighted by molar-refractivity contribution is -0.145. The lowest BCUT2D eigenvalue weighted by atomic mass is 9.60. The first-order chi connectivity index (χ1) is 11.5. The molecule has 2 aliphatic carbocycles. The predicted molar refractivity (Wildman–Crippen MR) is 88.6 cm³/mol. The van der Waals surface area contributed by atoms with Gasteiger partial charge < -0.3 is 4.74 Å². The highest BCUT2D eigenvalue weighted by atomic mass is 32.2. The fourth-order valence-electron chi connectivity index (χ4n) is 4.37. The van der Waals surface area contributed by atoms with Gasteiger partial charge in [0.25, 0.3) is 0 Å². The van der Waals surface area contributed by atoms with Gasteiger partial charge in [0.15, 0.2) is 5.69 Å². The van der Waals surface area contributed by atoms with Gasteiger partial charge in [-0.15, -0.1) is 0 Å². The Morgan fingerprint density at radius 3 is 2.79 bits per heavy atom. The van der Waals surface area contributed by atoms with Crippen LogP contribution in [0.2, 0.25) is 0 Å². The molecule has 0 radical (unpaired) electrons. The Bertz CT molecular complexity index is 751. The Kier molecular flexibility index (Phi) is 4.65. The Morgan fingerprint density at radius 2 is 2.17 bits per heavy atom. The van der Waals surface area contributed by atoms with E-state index in [1.807, 2.05) is 13.0 Å². The van der Waals surface area contributed by atoms with E-state index in [0.29, 0.717) is 13.0 Å². The van der Waals surface area contributed by atoms with Crippen molar-refractivity contribution in [3.8, 4) is 6.07 Å². The lowest BCUT2D eigenvalue weighted by Crippen LogP contribution is -2.63. The van der Waals surface area contributed by atoms with Gasteiger partial charge in [0.2, 0.25) is 10.0 Å². The van der Waals surface area contributed by atoms with Crippen molar-refractivity contribution in [3.05, 3.63) is 24.0 Å². The molecule has 2 aliphatic rings. The minimum atomic E-state index is -3.75. The zero-order valence-corrected chi connectivity index (χ0v) is 14.9.